The molecule has 0 aromatic rings. The molecule has 0 aromatic heterocycles. The zero-order valence-corrected chi connectivity index (χ0v) is 9.43. The van der Waals surface area contributed by atoms with Crippen molar-refractivity contribution in [3.05, 3.63) is 0 Å². The van der Waals surface area contributed by atoms with Crippen molar-refractivity contribution in [1.29, 1.82) is 0 Å². The van der Waals surface area contributed by atoms with Crippen molar-refractivity contribution in [3.8, 4) is 0 Å². The summed E-state index contributed by atoms with van der Waals surface area (Å²) >= 11 is 0. The molecule has 86 valence electrons. The Bertz CT molecular complexity index is 228. The lowest BCUT2D eigenvalue weighted by atomic mass is 9.96. The topological polar surface area (TPSA) is 55.1 Å². The minimum absolute atomic E-state index is 0.149. The van der Waals surface area contributed by atoms with Crippen molar-refractivity contribution < 1.29 is 4.79 Å². The van der Waals surface area contributed by atoms with E-state index in [1.807, 2.05) is 0 Å². The molecular formula is C12H22N2O. The highest BCUT2D eigenvalue weighted by Gasteiger charge is 2.49. The van der Waals surface area contributed by atoms with Crippen molar-refractivity contribution in [2.45, 2.75) is 69.4 Å². The molecule has 0 atom stereocenters. The summed E-state index contributed by atoms with van der Waals surface area (Å²) in [5, 5.41) is 3.50. The van der Waals surface area contributed by atoms with Gasteiger partial charge in [-0.25, -0.2) is 0 Å². The normalized spacial score (nSPS) is 26.7. The minimum atomic E-state index is -0.316. The number of hydrogen-bond acceptors (Lipinski definition) is 2. The van der Waals surface area contributed by atoms with Crippen molar-refractivity contribution in [3.63, 3.8) is 0 Å². The van der Waals surface area contributed by atoms with Crippen molar-refractivity contribution in [1.82, 2.24) is 5.32 Å². The molecule has 0 radical (unpaired) electrons. The molecule has 2 fully saturated rings. The summed E-state index contributed by atoms with van der Waals surface area (Å²) in [4.78, 5) is 11.3. The van der Waals surface area contributed by atoms with Crippen molar-refractivity contribution in [2.75, 3.05) is 0 Å². The molecule has 3 heteroatoms. The number of amides is 1. The highest BCUT2D eigenvalue weighted by Crippen LogP contribution is 2.36. The summed E-state index contributed by atoms with van der Waals surface area (Å²) in [6.45, 7) is 0. The number of nitrogens with one attached hydrogen (secondary N) is 1. The summed E-state index contributed by atoms with van der Waals surface area (Å²) in [5.74, 6) is -0.149. The molecule has 3 nitrogen and oxygen atoms in total. The van der Waals surface area contributed by atoms with E-state index < -0.39 is 0 Å². The number of hydrogen-bond donors (Lipinski definition) is 2. The van der Waals surface area contributed by atoms with E-state index in [9.17, 15) is 4.79 Å². The van der Waals surface area contributed by atoms with Gasteiger partial charge in [-0.05, 0) is 25.7 Å². The zero-order valence-electron chi connectivity index (χ0n) is 9.43. The third kappa shape index (κ3) is 2.71. The van der Waals surface area contributed by atoms with E-state index in [1.54, 1.807) is 0 Å². The second kappa shape index (κ2) is 4.52. The van der Waals surface area contributed by atoms with Crippen LogP contribution in [-0.4, -0.2) is 17.5 Å². The van der Waals surface area contributed by atoms with Crippen LogP contribution in [0.1, 0.15) is 57.8 Å². The van der Waals surface area contributed by atoms with E-state index >= 15 is 0 Å². The van der Waals surface area contributed by atoms with Gasteiger partial charge in [0, 0.05) is 6.04 Å². The Morgan fingerprint density at radius 3 is 2.07 bits per heavy atom. The van der Waals surface area contributed by atoms with Gasteiger partial charge in [-0.1, -0.05) is 32.1 Å². The first-order valence-electron chi connectivity index (χ1n) is 6.31. The van der Waals surface area contributed by atoms with E-state index in [2.05, 4.69) is 5.32 Å². The lowest BCUT2D eigenvalue weighted by Crippen LogP contribution is -2.48. The molecule has 0 spiro atoms. The van der Waals surface area contributed by atoms with E-state index in [0.29, 0.717) is 6.04 Å². The van der Waals surface area contributed by atoms with E-state index in [-0.39, 0.29) is 11.4 Å². The standard InChI is InChI=1S/C12H22N2O/c13-11(15)12(8-9-12)14-10-6-4-2-1-3-5-7-10/h10,14H,1-9H2,(H2,13,15). The molecule has 2 aliphatic carbocycles. The van der Waals surface area contributed by atoms with Crippen LogP contribution in [0.3, 0.4) is 0 Å². The summed E-state index contributed by atoms with van der Waals surface area (Å²) < 4.78 is 0. The quantitative estimate of drug-likeness (QED) is 0.745. The van der Waals surface area contributed by atoms with Gasteiger partial charge in [0.1, 0.15) is 0 Å². The van der Waals surface area contributed by atoms with Crippen LogP contribution < -0.4 is 11.1 Å². The first-order chi connectivity index (χ1) is 7.23. The summed E-state index contributed by atoms with van der Waals surface area (Å²) in [6, 6.07) is 0.528. The monoisotopic (exact) mass is 210 g/mol. The molecule has 15 heavy (non-hydrogen) atoms. The van der Waals surface area contributed by atoms with Gasteiger partial charge in [0.25, 0.3) is 0 Å². The average Bonchev–Trinajstić information content (AvgIpc) is 2.90. The third-order valence-electron chi connectivity index (χ3n) is 3.81. The van der Waals surface area contributed by atoms with Crippen LogP contribution in [0, 0.1) is 0 Å². The van der Waals surface area contributed by atoms with Gasteiger partial charge in [0.05, 0.1) is 5.54 Å². The Labute approximate surface area is 91.8 Å². The minimum Gasteiger partial charge on any atom is -0.368 e. The van der Waals surface area contributed by atoms with Crippen LogP contribution in [0.25, 0.3) is 0 Å². The molecule has 0 unspecified atom stereocenters. The smallest absolute Gasteiger partial charge is 0.237 e. The molecule has 0 bridgehead atoms. The van der Waals surface area contributed by atoms with E-state index in [1.165, 1.54) is 44.9 Å². The van der Waals surface area contributed by atoms with Gasteiger partial charge in [-0.2, -0.15) is 0 Å². The maximum Gasteiger partial charge on any atom is 0.237 e. The second-order valence-corrected chi connectivity index (χ2v) is 5.13. The van der Waals surface area contributed by atoms with Crippen LogP contribution >= 0.6 is 0 Å². The van der Waals surface area contributed by atoms with Crippen LogP contribution in [-0.2, 0) is 4.79 Å². The number of primary amides is 1. The van der Waals surface area contributed by atoms with Crippen LogP contribution in [0.4, 0.5) is 0 Å². The molecule has 2 rings (SSSR count). The Morgan fingerprint density at radius 1 is 1.07 bits per heavy atom. The first kappa shape index (κ1) is 10.9. The van der Waals surface area contributed by atoms with Crippen molar-refractivity contribution in [2.24, 2.45) is 5.73 Å². The Morgan fingerprint density at radius 2 is 1.60 bits per heavy atom. The largest absolute Gasteiger partial charge is 0.368 e. The maximum atomic E-state index is 11.3. The zero-order chi connectivity index (χ0) is 10.7. The summed E-state index contributed by atoms with van der Waals surface area (Å²) in [7, 11) is 0. The van der Waals surface area contributed by atoms with Gasteiger partial charge < -0.3 is 11.1 Å². The summed E-state index contributed by atoms with van der Waals surface area (Å²) in [5.41, 5.74) is 5.10. The lowest BCUT2D eigenvalue weighted by molar-refractivity contribution is -0.121. The van der Waals surface area contributed by atoms with Crippen LogP contribution in [0.2, 0.25) is 0 Å². The van der Waals surface area contributed by atoms with Gasteiger partial charge in [-0.3, -0.25) is 4.79 Å². The molecule has 0 aliphatic heterocycles. The molecule has 0 saturated heterocycles. The van der Waals surface area contributed by atoms with Crippen LogP contribution in [0.15, 0.2) is 0 Å². The SMILES string of the molecule is NC(=O)C1(NC2CCCCCCC2)CC1. The van der Waals surface area contributed by atoms with Gasteiger partial charge in [0.15, 0.2) is 0 Å². The Balaban J connectivity index is 1.84. The fourth-order valence-corrected chi connectivity index (χ4v) is 2.58. The molecule has 0 aromatic carbocycles. The predicted octanol–water partition coefficient (Wildman–Crippen LogP) is 1.71. The highest BCUT2D eigenvalue weighted by atomic mass is 16.1. The third-order valence-corrected chi connectivity index (χ3v) is 3.81. The molecule has 2 saturated carbocycles. The Kier molecular flexibility index (Phi) is 3.29. The van der Waals surface area contributed by atoms with Gasteiger partial charge in [-0.15, -0.1) is 0 Å². The van der Waals surface area contributed by atoms with Gasteiger partial charge in [0.2, 0.25) is 5.91 Å². The predicted molar refractivity (Wildman–Crippen MR) is 60.4 cm³/mol. The fourth-order valence-electron chi connectivity index (χ4n) is 2.58. The average molecular weight is 210 g/mol. The van der Waals surface area contributed by atoms with E-state index in [4.69, 9.17) is 5.73 Å². The second-order valence-electron chi connectivity index (χ2n) is 5.13. The van der Waals surface area contributed by atoms with Crippen LogP contribution in [0.5, 0.6) is 0 Å². The van der Waals surface area contributed by atoms with Gasteiger partial charge >= 0.3 is 0 Å². The number of carbonyl (C=O) groups excluding carboxylic acids is 1. The van der Waals surface area contributed by atoms with E-state index in [0.717, 1.165) is 12.8 Å². The molecule has 3 N–H and O–H groups in total. The first-order valence-corrected chi connectivity index (χ1v) is 6.31. The molecule has 1 amide bonds. The fraction of sp³-hybridized carbons (Fsp3) is 0.917. The lowest BCUT2D eigenvalue weighted by Gasteiger charge is -2.25. The number of rotatable bonds is 3. The molecule has 2 aliphatic rings. The molecular weight excluding hydrogens is 188 g/mol. The number of carbonyl (C=O) groups is 1. The highest BCUT2D eigenvalue weighted by molar-refractivity contribution is 5.87. The van der Waals surface area contributed by atoms with Crippen molar-refractivity contribution >= 4 is 5.91 Å². The number of nitrogens with two attached hydrogens (primary N) is 1. The maximum absolute atomic E-state index is 11.3. The molecule has 0 heterocycles. The summed E-state index contributed by atoms with van der Waals surface area (Å²) in [6.07, 6.45) is 11.0. The Hall–Kier alpha value is -0.570.